The van der Waals surface area contributed by atoms with Gasteiger partial charge in [0.25, 0.3) is 5.91 Å². The van der Waals surface area contributed by atoms with Crippen LogP contribution in [0.3, 0.4) is 0 Å². The third-order valence-corrected chi connectivity index (χ3v) is 5.46. The first-order valence-corrected chi connectivity index (χ1v) is 9.13. The summed E-state index contributed by atoms with van der Waals surface area (Å²) >= 11 is 0. The van der Waals surface area contributed by atoms with E-state index >= 15 is 0 Å². The number of carbonyl (C=O) groups excluding carboxylic acids is 1. The number of amides is 1. The van der Waals surface area contributed by atoms with Gasteiger partial charge in [-0.2, -0.15) is 4.98 Å². The fraction of sp³-hybridized carbons (Fsp3) is 0.526. The highest BCUT2D eigenvalue weighted by Gasteiger charge is 2.37. The van der Waals surface area contributed by atoms with Gasteiger partial charge in [-0.15, -0.1) is 0 Å². The molecule has 1 saturated heterocycles. The second-order valence-corrected chi connectivity index (χ2v) is 7.28. The van der Waals surface area contributed by atoms with Gasteiger partial charge in [0, 0.05) is 18.7 Å². The molecule has 4 rings (SSSR count). The standard InChI is InChI=1S/C19H24N4O2/c20-19(10-4-5-11-19)18-21-16(25-22-18)15-9-6-12-23(13-15)17(24)14-7-2-1-3-8-14/h1-3,7-8,15H,4-6,9-13,20H2. The molecular formula is C19H24N4O2. The highest BCUT2D eigenvalue weighted by molar-refractivity contribution is 5.94. The molecular weight excluding hydrogens is 316 g/mol. The number of carbonyl (C=O) groups is 1. The Morgan fingerprint density at radius 3 is 2.72 bits per heavy atom. The SMILES string of the molecule is NC1(c2noc(C3CCCN(C(=O)c4ccccc4)C3)n2)CCCC1. The van der Waals surface area contributed by atoms with Gasteiger partial charge in [-0.25, -0.2) is 0 Å². The van der Waals surface area contributed by atoms with Crippen molar-refractivity contribution in [2.45, 2.75) is 50.0 Å². The molecule has 2 N–H and O–H groups in total. The second kappa shape index (κ2) is 6.59. The Balaban J connectivity index is 1.48. The summed E-state index contributed by atoms with van der Waals surface area (Å²) < 4.78 is 5.54. The number of piperidine rings is 1. The van der Waals surface area contributed by atoms with Gasteiger partial charge in [-0.05, 0) is 37.8 Å². The average Bonchev–Trinajstić information content (AvgIpc) is 3.32. The maximum Gasteiger partial charge on any atom is 0.253 e. The molecule has 1 atom stereocenters. The molecule has 1 amide bonds. The van der Waals surface area contributed by atoms with Gasteiger partial charge in [0.05, 0.1) is 11.5 Å². The van der Waals surface area contributed by atoms with Crippen LogP contribution in [-0.2, 0) is 5.54 Å². The number of nitrogens with two attached hydrogens (primary N) is 1. The van der Waals surface area contributed by atoms with Crippen LogP contribution < -0.4 is 5.73 Å². The van der Waals surface area contributed by atoms with Crippen molar-refractivity contribution in [2.75, 3.05) is 13.1 Å². The first-order valence-electron chi connectivity index (χ1n) is 9.13. The van der Waals surface area contributed by atoms with Crippen molar-refractivity contribution in [2.24, 2.45) is 5.73 Å². The molecule has 6 heteroatoms. The summed E-state index contributed by atoms with van der Waals surface area (Å²) in [4.78, 5) is 19.2. The lowest BCUT2D eigenvalue weighted by Gasteiger charge is -2.31. The van der Waals surface area contributed by atoms with Crippen molar-refractivity contribution in [1.82, 2.24) is 15.0 Å². The van der Waals surface area contributed by atoms with Crippen LogP contribution in [0.4, 0.5) is 0 Å². The fourth-order valence-corrected chi connectivity index (χ4v) is 3.96. The minimum atomic E-state index is -0.435. The quantitative estimate of drug-likeness (QED) is 0.928. The third kappa shape index (κ3) is 3.18. The van der Waals surface area contributed by atoms with Crippen LogP contribution in [0.2, 0.25) is 0 Å². The summed E-state index contributed by atoms with van der Waals surface area (Å²) in [5, 5.41) is 4.16. The van der Waals surface area contributed by atoms with Gasteiger partial charge < -0.3 is 15.2 Å². The molecule has 6 nitrogen and oxygen atoms in total. The first-order chi connectivity index (χ1) is 12.2. The van der Waals surface area contributed by atoms with E-state index < -0.39 is 5.54 Å². The molecule has 1 unspecified atom stereocenters. The fourth-order valence-electron chi connectivity index (χ4n) is 3.96. The van der Waals surface area contributed by atoms with Crippen molar-refractivity contribution < 1.29 is 9.32 Å². The van der Waals surface area contributed by atoms with Crippen LogP contribution in [-0.4, -0.2) is 34.0 Å². The summed E-state index contributed by atoms with van der Waals surface area (Å²) in [6.07, 6.45) is 5.95. The smallest absolute Gasteiger partial charge is 0.253 e. The monoisotopic (exact) mass is 340 g/mol. The number of nitrogens with zero attached hydrogens (tertiary/aromatic N) is 3. The number of benzene rings is 1. The van der Waals surface area contributed by atoms with Crippen molar-refractivity contribution in [3.8, 4) is 0 Å². The molecule has 0 bridgehead atoms. The van der Waals surface area contributed by atoms with Crippen molar-refractivity contribution in [3.05, 3.63) is 47.6 Å². The van der Waals surface area contributed by atoms with E-state index in [1.54, 1.807) is 0 Å². The van der Waals surface area contributed by atoms with Crippen molar-refractivity contribution in [1.29, 1.82) is 0 Å². The van der Waals surface area contributed by atoms with E-state index in [9.17, 15) is 4.79 Å². The molecule has 25 heavy (non-hydrogen) atoms. The van der Waals surface area contributed by atoms with E-state index in [4.69, 9.17) is 10.3 Å². The molecule has 1 saturated carbocycles. The van der Waals surface area contributed by atoms with Crippen LogP contribution in [0.15, 0.2) is 34.9 Å². The molecule has 2 aromatic rings. The zero-order valence-corrected chi connectivity index (χ0v) is 14.4. The maximum absolute atomic E-state index is 12.7. The van der Waals surface area contributed by atoms with Crippen molar-refractivity contribution in [3.63, 3.8) is 0 Å². The molecule has 0 radical (unpaired) electrons. The number of hydrogen-bond donors (Lipinski definition) is 1. The molecule has 1 aromatic carbocycles. The zero-order valence-electron chi connectivity index (χ0n) is 14.4. The molecule has 0 spiro atoms. The van der Waals surface area contributed by atoms with E-state index in [0.717, 1.165) is 50.6 Å². The minimum absolute atomic E-state index is 0.0659. The summed E-state index contributed by atoms with van der Waals surface area (Å²) in [6, 6.07) is 9.41. The Labute approximate surface area is 147 Å². The van der Waals surface area contributed by atoms with Crippen LogP contribution >= 0.6 is 0 Å². The summed E-state index contributed by atoms with van der Waals surface area (Å²) in [5.74, 6) is 1.41. The van der Waals surface area contributed by atoms with Gasteiger partial charge >= 0.3 is 0 Å². The Hall–Kier alpha value is -2.21. The van der Waals surface area contributed by atoms with E-state index in [-0.39, 0.29) is 11.8 Å². The molecule has 2 fully saturated rings. The van der Waals surface area contributed by atoms with E-state index in [1.165, 1.54) is 0 Å². The lowest BCUT2D eigenvalue weighted by molar-refractivity contribution is 0.0695. The lowest BCUT2D eigenvalue weighted by atomic mass is 9.96. The van der Waals surface area contributed by atoms with E-state index in [2.05, 4.69) is 10.1 Å². The topological polar surface area (TPSA) is 85.2 Å². The summed E-state index contributed by atoms with van der Waals surface area (Å²) in [7, 11) is 0. The van der Waals surface area contributed by atoms with E-state index in [1.807, 2.05) is 35.2 Å². The predicted octanol–water partition coefficient (Wildman–Crippen LogP) is 2.82. The Bertz CT molecular complexity index is 737. The Morgan fingerprint density at radius 2 is 1.96 bits per heavy atom. The van der Waals surface area contributed by atoms with Gasteiger partial charge in [-0.1, -0.05) is 36.2 Å². The molecule has 132 valence electrons. The molecule has 1 aromatic heterocycles. The lowest BCUT2D eigenvalue weighted by Crippen LogP contribution is -2.39. The zero-order chi connectivity index (χ0) is 17.3. The predicted molar refractivity (Wildman–Crippen MR) is 93.0 cm³/mol. The van der Waals surface area contributed by atoms with E-state index in [0.29, 0.717) is 18.3 Å². The van der Waals surface area contributed by atoms with Crippen molar-refractivity contribution >= 4 is 5.91 Å². The maximum atomic E-state index is 12.7. The van der Waals surface area contributed by atoms with Crippen LogP contribution in [0.25, 0.3) is 0 Å². The number of hydrogen-bond acceptors (Lipinski definition) is 5. The molecule has 1 aliphatic carbocycles. The average molecular weight is 340 g/mol. The normalized spacial score (nSPS) is 22.9. The molecule has 1 aliphatic heterocycles. The summed E-state index contributed by atoms with van der Waals surface area (Å²) in [6.45, 7) is 1.39. The number of aromatic nitrogens is 2. The highest BCUT2D eigenvalue weighted by atomic mass is 16.5. The number of likely N-dealkylation sites (tertiary alicyclic amines) is 1. The molecule has 2 heterocycles. The first kappa shape index (κ1) is 16.3. The van der Waals surface area contributed by atoms with Gasteiger partial charge in [-0.3, -0.25) is 4.79 Å². The number of rotatable bonds is 3. The van der Waals surface area contributed by atoms with Gasteiger partial charge in [0.2, 0.25) is 5.89 Å². The van der Waals surface area contributed by atoms with Gasteiger partial charge in [0.15, 0.2) is 5.82 Å². The van der Waals surface area contributed by atoms with Crippen LogP contribution in [0.5, 0.6) is 0 Å². The van der Waals surface area contributed by atoms with Crippen LogP contribution in [0, 0.1) is 0 Å². The minimum Gasteiger partial charge on any atom is -0.339 e. The Morgan fingerprint density at radius 1 is 1.20 bits per heavy atom. The van der Waals surface area contributed by atoms with Gasteiger partial charge in [0.1, 0.15) is 0 Å². The van der Waals surface area contributed by atoms with Crippen LogP contribution in [0.1, 0.15) is 66.5 Å². The Kier molecular flexibility index (Phi) is 4.29. The second-order valence-electron chi connectivity index (χ2n) is 7.28. The summed E-state index contributed by atoms with van der Waals surface area (Å²) in [5.41, 5.74) is 6.71. The highest BCUT2D eigenvalue weighted by Crippen LogP contribution is 2.36. The molecule has 2 aliphatic rings. The largest absolute Gasteiger partial charge is 0.339 e. The third-order valence-electron chi connectivity index (χ3n) is 5.46.